The molecule has 2 aromatic carbocycles. The van der Waals surface area contributed by atoms with Crippen LogP contribution in [0.3, 0.4) is 0 Å². The largest absolute Gasteiger partial charge is 0.468 e. The van der Waals surface area contributed by atoms with Crippen molar-refractivity contribution in [3.05, 3.63) is 59.7 Å². The van der Waals surface area contributed by atoms with Gasteiger partial charge in [0.05, 0.1) is 7.11 Å². The molecule has 0 bridgehead atoms. The highest BCUT2D eigenvalue weighted by atomic mass is 16.5. The van der Waals surface area contributed by atoms with Crippen molar-refractivity contribution in [1.82, 2.24) is 5.32 Å². The molecule has 1 N–H and O–H groups in total. The molecule has 0 atom stereocenters. The molecular weight excluding hydrogens is 306 g/mol. The van der Waals surface area contributed by atoms with Crippen molar-refractivity contribution >= 4 is 11.9 Å². The average molecular weight is 327 g/mol. The van der Waals surface area contributed by atoms with E-state index in [2.05, 4.69) is 23.9 Å². The summed E-state index contributed by atoms with van der Waals surface area (Å²) < 4.78 is 10.2. The van der Waals surface area contributed by atoms with Crippen LogP contribution in [0.2, 0.25) is 0 Å². The summed E-state index contributed by atoms with van der Waals surface area (Å²) in [6.45, 7) is 4.12. The molecule has 0 aliphatic rings. The molecule has 0 saturated carbocycles. The molecule has 24 heavy (non-hydrogen) atoms. The van der Waals surface area contributed by atoms with Crippen molar-refractivity contribution in [1.29, 1.82) is 0 Å². The second-order valence-electron chi connectivity index (χ2n) is 5.61. The summed E-state index contributed by atoms with van der Waals surface area (Å²) >= 11 is 0. The molecule has 2 rings (SSSR count). The topological polar surface area (TPSA) is 64.6 Å². The van der Waals surface area contributed by atoms with Crippen molar-refractivity contribution in [2.45, 2.75) is 19.8 Å². The normalized spacial score (nSPS) is 10.3. The van der Waals surface area contributed by atoms with Crippen LogP contribution in [0.5, 0.6) is 11.5 Å². The van der Waals surface area contributed by atoms with Crippen LogP contribution in [0.15, 0.2) is 48.5 Å². The molecule has 2 aromatic rings. The van der Waals surface area contributed by atoms with E-state index in [1.54, 1.807) is 24.3 Å². The minimum atomic E-state index is -0.492. The van der Waals surface area contributed by atoms with Crippen LogP contribution < -0.4 is 10.1 Å². The summed E-state index contributed by atoms with van der Waals surface area (Å²) in [6.07, 6.45) is 0. The van der Waals surface area contributed by atoms with Crippen LogP contribution in [0, 0.1) is 0 Å². The number of hydrogen-bond donors (Lipinski definition) is 1. The average Bonchev–Trinajstić information content (AvgIpc) is 2.60. The van der Waals surface area contributed by atoms with Crippen molar-refractivity contribution < 1.29 is 19.1 Å². The number of hydrogen-bond acceptors (Lipinski definition) is 4. The maximum absolute atomic E-state index is 11.9. The van der Waals surface area contributed by atoms with Crippen LogP contribution in [0.4, 0.5) is 0 Å². The lowest BCUT2D eigenvalue weighted by Crippen LogP contribution is -2.30. The molecule has 5 nitrogen and oxygen atoms in total. The molecule has 5 heteroatoms. The summed E-state index contributed by atoms with van der Waals surface area (Å²) in [6, 6.07) is 14.6. The smallest absolute Gasteiger partial charge is 0.325 e. The Morgan fingerprint density at radius 3 is 2.00 bits per heavy atom. The summed E-state index contributed by atoms with van der Waals surface area (Å²) in [7, 11) is 1.27. The first kappa shape index (κ1) is 17.5. The van der Waals surface area contributed by atoms with Gasteiger partial charge in [0, 0.05) is 5.56 Å². The van der Waals surface area contributed by atoms with E-state index in [1.807, 2.05) is 24.3 Å². The van der Waals surface area contributed by atoms with E-state index < -0.39 is 5.97 Å². The number of benzene rings is 2. The van der Waals surface area contributed by atoms with E-state index >= 15 is 0 Å². The Kier molecular flexibility index (Phi) is 5.95. The zero-order chi connectivity index (χ0) is 17.5. The molecule has 0 spiro atoms. The van der Waals surface area contributed by atoms with Gasteiger partial charge in [-0.05, 0) is 47.9 Å². The number of methoxy groups -OCH3 is 1. The third-order valence-electron chi connectivity index (χ3n) is 3.52. The highest BCUT2D eigenvalue weighted by molar-refractivity contribution is 5.96. The first-order chi connectivity index (χ1) is 11.5. The molecule has 0 aromatic heterocycles. The minimum Gasteiger partial charge on any atom is -0.468 e. The van der Waals surface area contributed by atoms with Gasteiger partial charge in [0.1, 0.15) is 18.0 Å². The van der Waals surface area contributed by atoms with Gasteiger partial charge >= 0.3 is 5.97 Å². The quantitative estimate of drug-likeness (QED) is 0.825. The monoisotopic (exact) mass is 327 g/mol. The second-order valence-corrected chi connectivity index (χ2v) is 5.61. The fraction of sp³-hybridized carbons (Fsp3) is 0.263. The summed E-state index contributed by atoms with van der Waals surface area (Å²) in [4.78, 5) is 22.9. The van der Waals surface area contributed by atoms with Gasteiger partial charge in [-0.15, -0.1) is 0 Å². The number of carbonyl (C=O) groups excluding carboxylic acids is 2. The van der Waals surface area contributed by atoms with Crippen LogP contribution in [0.25, 0.3) is 0 Å². The van der Waals surface area contributed by atoms with E-state index in [9.17, 15) is 9.59 Å². The van der Waals surface area contributed by atoms with Crippen LogP contribution in [-0.4, -0.2) is 25.5 Å². The van der Waals surface area contributed by atoms with Gasteiger partial charge in [-0.3, -0.25) is 9.59 Å². The number of rotatable bonds is 6. The van der Waals surface area contributed by atoms with Gasteiger partial charge in [-0.1, -0.05) is 26.0 Å². The van der Waals surface area contributed by atoms with Crippen LogP contribution in [-0.2, 0) is 9.53 Å². The van der Waals surface area contributed by atoms with E-state index in [0.717, 1.165) is 5.75 Å². The summed E-state index contributed by atoms with van der Waals surface area (Å²) in [5.41, 5.74) is 1.70. The van der Waals surface area contributed by atoms with Gasteiger partial charge in [0.25, 0.3) is 5.91 Å². The van der Waals surface area contributed by atoms with Gasteiger partial charge in [-0.2, -0.15) is 0 Å². The van der Waals surface area contributed by atoms with Gasteiger partial charge in [0.2, 0.25) is 0 Å². The Bertz CT molecular complexity index is 690. The second kappa shape index (κ2) is 8.15. The minimum absolute atomic E-state index is 0.157. The molecule has 0 fully saturated rings. The zero-order valence-electron chi connectivity index (χ0n) is 14.0. The Labute approximate surface area is 141 Å². The van der Waals surface area contributed by atoms with Crippen molar-refractivity contribution in [3.8, 4) is 11.5 Å². The van der Waals surface area contributed by atoms with Crippen molar-refractivity contribution in [3.63, 3.8) is 0 Å². The zero-order valence-corrected chi connectivity index (χ0v) is 14.0. The Morgan fingerprint density at radius 1 is 0.958 bits per heavy atom. The highest BCUT2D eigenvalue weighted by Crippen LogP contribution is 2.24. The number of carbonyl (C=O) groups is 2. The van der Waals surface area contributed by atoms with E-state index in [4.69, 9.17) is 4.74 Å². The SMILES string of the molecule is COC(=O)CNC(=O)c1ccc(Oc2ccc(C(C)C)cc2)cc1. The summed E-state index contributed by atoms with van der Waals surface area (Å²) in [5, 5.41) is 2.48. The molecule has 0 aliphatic carbocycles. The van der Waals surface area contributed by atoms with Gasteiger partial charge in [0.15, 0.2) is 0 Å². The summed E-state index contributed by atoms with van der Waals surface area (Å²) in [5.74, 6) is 1.02. The predicted octanol–water partition coefficient (Wildman–Crippen LogP) is 3.51. The Balaban J connectivity index is 1.96. The molecule has 0 heterocycles. The molecule has 1 amide bonds. The standard InChI is InChI=1S/C19H21NO4/c1-13(2)14-4-8-16(9-5-14)24-17-10-6-15(7-11-17)19(22)20-12-18(21)23-3/h4-11,13H,12H2,1-3H3,(H,20,22). The van der Waals surface area contributed by atoms with Crippen LogP contribution >= 0.6 is 0 Å². The van der Waals surface area contributed by atoms with Crippen LogP contribution in [0.1, 0.15) is 35.7 Å². The number of ether oxygens (including phenoxy) is 2. The van der Waals surface area contributed by atoms with Gasteiger partial charge < -0.3 is 14.8 Å². The van der Waals surface area contributed by atoms with E-state index in [1.165, 1.54) is 12.7 Å². The van der Waals surface area contributed by atoms with Crippen molar-refractivity contribution in [2.75, 3.05) is 13.7 Å². The van der Waals surface area contributed by atoms with Gasteiger partial charge in [-0.25, -0.2) is 0 Å². The number of amides is 1. The Morgan fingerprint density at radius 2 is 1.50 bits per heavy atom. The fourth-order valence-corrected chi connectivity index (χ4v) is 2.06. The number of nitrogens with one attached hydrogen (secondary N) is 1. The van der Waals surface area contributed by atoms with E-state index in [-0.39, 0.29) is 12.5 Å². The Hall–Kier alpha value is -2.82. The molecule has 0 radical (unpaired) electrons. The molecule has 0 unspecified atom stereocenters. The fourth-order valence-electron chi connectivity index (χ4n) is 2.06. The molecule has 0 aliphatic heterocycles. The first-order valence-electron chi connectivity index (χ1n) is 7.72. The molecule has 0 saturated heterocycles. The maximum atomic E-state index is 11.9. The third kappa shape index (κ3) is 4.84. The highest BCUT2D eigenvalue weighted by Gasteiger charge is 2.08. The predicted molar refractivity (Wildman–Crippen MR) is 91.4 cm³/mol. The lowest BCUT2D eigenvalue weighted by Gasteiger charge is -2.09. The van der Waals surface area contributed by atoms with Crippen molar-refractivity contribution in [2.24, 2.45) is 0 Å². The molecular formula is C19H21NO4. The maximum Gasteiger partial charge on any atom is 0.325 e. The molecule has 126 valence electrons. The first-order valence-corrected chi connectivity index (χ1v) is 7.72. The number of esters is 1. The lowest BCUT2D eigenvalue weighted by atomic mass is 10.0. The lowest BCUT2D eigenvalue weighted by molar-refractivity contribution is -0.139. The van der Waals surface area contributed by atoms with E-state index in [0.29, 0.717) is 17.2 Å². The third-order valence-corrected chi connectivity index (χ3v) is 3.52.